The molecule has 1 aliphatic carbocycles. The number of carbonyl (C=O) groups is 2. The fraction of sp³-hybridized carbons (Fsp3) is 0.500. The summed E-state index contributed by atoms with van der Waals surface area (Å²) < 4.78 is 7.47. The van der Waals surface area contributed by atoms with Gasteiger partial charge in [0.15, 0.2) is 0 Å². The molecule has 0 unspecified atom stereocenters. The molecule has 0 radical (unpaired) electrons. The van der Waals surface area contributed by atoms with Crippen LogP contribution in [0.3, 0.4) is 0 Å². The Balaban J connectivity index is 1.46. The molecule has 0 aromatic carbocycles. The first-order chi connectivity index (χ1) is 14.0. The third-order valence-corrected chi connectivity index (χ3v) is 6.12. The van der Waals surface area contributed by atoms with Gasteiger partial charge in [0, 0.05) is 50.4 Å². The number of aromatic nitrogens is 2. The fourth-order valence-electron chi connectivity index (χ4n) is 4.02. The number of anilines is 1. The minimum Gasteiger partial charge on any atom is -0.381 e. The van der Waals surface area contributed by atoms with Crippen molar-refractivity contribution in [3.8, 4) is 0 Å². The van der Waals surface area contributed by atoms with Crippen molar-refractivity contribution in [2.75, 3.05) is 25.5 Å². The summed E-state index contributed by atoms with van der Waals surface area (Å²) in [5.74, 6) is 0.734. The Bertz CT molecular complexity index is 924. The van der Waals surface area contributed by atoms with E-state index in [1.165, 1.54) is 18.5 Å². The second kappa shape index (κ2) is 7.99. The molecule has 4 rings (SSSR count). The maximum absolute atomic E-state index is 12.8. The van der Waals surface area contributed by atoms with E-state index >= 15 is 0 Å². The first-order valence-electron chi connectivity index (χ1n) is 10.2. The molecule has 29 heavy (non-hydrogen) atoms. The summed E-state index contributed by atoms with van der Waals surface area (Å²) in [7, 11) is 3.71. The van der Waals surface area contributed by atoms with E-state index in [1.807, 2.05) is 24.9 Å². The van der Waals surface area contributed by atoms with Crippen molar-refractivity contribution in [1.82, 2.24) is 14.5 Å². The van der Waals surface area contributed by atoms with Gasteiger partial charge >= 0.3 is 0 Å². The van der Waals surface area contributed by atoms with Crippen molar-refractivity contribution in [3.63, 3.8) is 0 Å². The maximum Gasteiger partial charge on any atom is 0.258 e. The van der Waals surface area contributed by atoms with E-state index in [-0.39, 0.29) is 17.9 Å². The average molecular weight is 396 g/mol. The van der Waals surface area contributed by atoms with Crippen LogP contribution in [0, 0.1) is 6.92 Å². The van der Waals surface area contributed by atoms with E-state index in [2.05, 4.69) is 14.9 Å². The zero-order chi connectivity index (χ0) is 20.5. The lowest BCUT2D eigenvalue weighted by Gasteiger charge is -2.31. The molecule has 2 aromatic rings. The van der Waals surface area contributed by atoms with Crippen LogP contribution in [-0.2, 0) is 11.8 Å². The van der Waals surface area contributed by atoms with Crippen molar-refractivity contribution < 1.29 is 14.3 Å². The summed E-state index contributed by atoms with van der Waals surface area (Å²) >= 11 is 0. The number of methoxy groups -OCH3 is 1. The first-order valence-corrected chi connectivity index (χ1v) is 10.2. The monoisotopic (exact) mass is 396 g/mol. The standard InChI is InChI=1S/C22H28N4O3/c1-14-18(13-19(25(14)2)15-4-5-15)21(27)24-20-12-16(6-9-23-20)22(28)26-10-7-17(29-3)8-11-26/h6,9,12-13,15,17H,4-5,7-8,10-11H2,1-3H3,(H,23,24,27). The predicted octanol–water partition coefficient (Wildman–Crippen LogP) is 3.11. The molecule has 3 heterocycles. The predicted molar refractivity (Wildman–Crippen MR) is 110 cm³/mol. The molecule has 0 bridgehead atoms. The molecule has 1 aliphatic heterocycles. The van der Waals surface area contributed by atoms with Crippen LogP contribution in [0.4, 0.5) is 5.82 Å². The molecule has 154 valence electrons. The molecule has 7 heteroatoms. The Labute approximate surface area is 171 Å². The zero-order valence-corrected chi connectivity index (χ0v) is 17.3. The second-order valence-electron chi connectivity index (χ2n) is 8.01. The van der Waals surface area contributed by atoms with Crippen LogP contribution < -0.4 is 5.32 Å². The number of amides is 2. The number of pyridine rings is 1. The lowest BCUT2D eigenvalue weighted by molar-refractivity contribution is 0.0350. The lowest BCUT2D eigenvalue weighted by Crippen LogP contribution is -2.40. The normalized spacial score (nSPS) is 17.4. The number of hydrogen-bond acceptors (Lipinski definition) is 4. The van der Waals surface area contributed by atoms with E-state index in [9.17, 15) is 9.59 Å². The molecule has 7 nitrogen and oxygen atoms in total. The van der Waals surface area contributed by atoms with Crippen LogP contribution in [0.5, 0.6) is 0 Å². The van der Waals surface area contributed by atoms with E-state index < -0.39 is 0 Å². The molecular weight excluding hydrogens is 368 g/mol. The van der Waals surface area contributed by atoms with Crippen LogP contribution >= 0.6 is 0 Å². The lowest BCUT2D eigenvalue weighted by atomic mass is 10.1. The van der Waals surface area contributed by atoms with Crippen molar-refractivity contribution >= 4 is 17.6 Å². The fourth-order valence-corrected chi connectivity index (χ4v) is 4.02. The molecule has 2 aliphatic rings. The molecular formula is C22H28N4O3. The number of piperidine rings is 1. The van der Waals surface area contributed by atoms with Gasteiger partial charge in [-0.2, -0.15) is 0 Å². The Morgan fingerprint density at radius 1 is 1.17 bits per heavy atom. The Kier molecular flexibility index (Phi) is 5.41. The van der Waals surface area contributed by atoms with Crippen LogP contribution in [-0.4, -0.2) is 52.6 Å². The van der Waals surface area contributed by atoms with E-state index in [0.717, 1.165) is 18.5 Å². The molecule has 1 N–H and O–H groups in total. The largest absolute Gasteiger partial charge is 0.381 e. The quantitative estimate of drug-likeness (QED) is 0.843. The topological polar surface area (TPSA) is 76.5 Å². The minimum absolute atomic E-state index is 0.0376. The van der Waals surface area contributed by atoms with Gasteiger partial charge in [0.25, 0.3) is 11.8 Å². The van der Waals surface area contributed by atoms with E-state index in [0.29, 0.717) is 36.0 Å². The van der Waals surface area contributed by atoms with Crippen molar-refractivity contribution in [2.45, 2.75) is 44.6 Å². The highest BCUT2D eigenvalue weighted by Gasteiger charge is 2.29. The Morgan fingerprint density at radius 3 is 2.55 bits per heavy atom. The summed E-state index contributed by atoms with van der Waals surface area (Å²) in [5.41, 5.74) is 3.35. The van der Waals surface area contributed by atoms with E-state index in [4.69, 9.17) is 4.74 Å². The second-order valence-corrected chi connectivity index (χ2v) is 8.01. The average Bonchev–Trinajstić information content (AvgIpc) is 3.54. The van der Waals surface area contributed by atoms with Crippen molar-refractivity contribution in [2.24, 2.45) is 7.05 Å². The Hall–Kier alpha value is -2.67. The van der Waals surface area contributed by atoms with Crippen LogP contribution in [0.15, 0.2) is 24.4 Å². The number of ether oxygens (including phenoxy) is 1. The minimum atomic E-state index is -0.192. The third kappa shape index (κ3) is 4.05. The summed E-state index contributed by atoms with van der Waals surface area (Å²) in [5, 5.41) is 2.86. The highest BCUT2D eigenvalue weighted by Crippen LogP contribution is 2.41. The Morgan fingerprint density at radius 2 is 1.90 bits per heavy atom. The number of hydrogen-bond donors (Lipinski definition) is 1. The van der Waals surface area contributed by atoms with Gasteiger partial charge in [-0.15, -0.1) is 0 Å². The number of carbonyl (C=O) groups excluding carboxylic acids is 2. The highest BCUT2D eigenvalue weighted by atomic mass is 16.5. The SMILES string of the molecule is COC1CCN(C(=O)c2ccnc(NC(=O)c3cc(C4CC4)n(C)c3C)c2)CC1. The van der Waals surface area contributed by atoms with Crippen LogP contribution in [0.2, 0.25) is 0 Å². The smallest absolute Gasteiger partial charge is 0.258 e. The van der Waals surface area contributed by atoms with E-state index in [1.54, 1.807) is 25.4 Å². The molecule has 2 aromatic heterocycles. The van der Waals surface area contributed by atoms with Gasteiger partial charge in [0.1, 0.15) is 5.82 Å². The molecule has 0 spiro atoms. The van der Waals surface area contributed by atoms with Gasteiger partial charge in [-0.05, 0) is 56.7 Å². The summed E-state index contributed by atoms with van der Waals surface area (Å²) in [6.45, 7) is 3.31. The highest BCUT2D eigenvalue weighted by molar-refractivity contribution is 6.05. The summed E-state index contributed by atoms with van der Waals surface area (Å²) in [6, 6.07) is 5.33. The molecule has 1 saturated heterocycles. The first kappa shape index (κ1) is 19.6. The van der Waals surface area contributed by atoms with Crippen LogP contribution in [0.1, 0.15) is 63.7 Å². The van der Waals surface area contributed by atoms with Gasteiger partial charge in [0.2, 0.25) is 0 Å². The van der Waals surface area contributed by atoms with Crippen molar-refractivity contribution in [3.05, 3.63) is 46.9 Å². The zero-order valence-electron chi connectivity index (χ0n) is 17.3. The number of rotatable bonds is 5. The number of nitrogens with zero attached hydrogens (tertiary/aromatic N) is 3. The molecule has 2 amide bonds. The van der Waals surface area contributed by atoms with Gasteiger partial charge in [0.05, 0.1) is 11.7 Å². The third-order valence-electron chi connectivity index (χ3n) is 6.12. The summed E-state index contributed by atoms with van der Waals surface area (Å²) in [6.07, 6.45) is 5.84. The number of nitrogens with one attached hydrogen (secondary N) is 1. The summed E-state index contributed by atoms with van der Waals surface area (Å²) in [4.78, 5) is 31.7. The molecule has 1 saturated carbocycles. The van der Waals surface area contributed by atoms with Gasteiger partial charge in [-0.25, -0.2) is 4.98 Å². The maximum atomic E-state index is 12.8. The van der Waals surface area contributed by atoms with Crippen LogP contribution in [0.25, 0.3) is 0 Å². The molecule has 0 atom stereocenters. The van der Waals surface area contributed by atoms with Gasteiger partial charge in [-0.1, -0.05) is 0 Å². The van der Waals surface area contributed by atoms with Crippen molar-refractivity contribution in [1.29, 1.82) is 0 Å². The van der Waals surface area contributed by atoms with Gasteiger partial charge in [-0.3, -0.25) is 9.59 Å². The molecule has 2 fully saturated rings. The number of likely N-dealkylation sites (tertiary alicyclic amines) is 1. The van der Waals surface area contributed by atoms with Gasteiger partial charge < -0.3 is 19.5 Å².